The Morgan fingerprint density at radius 3 is 2.87 bits per heavy atom. The first-order valence-corrected chi connectivity index (χ1v) is 9.08. The minimum Gasteiger partial charge on any atom is -0.377 e. The first kappa shape index (κ1) is 16.7. The van der Waals surface area contributed by atoms with Crippen LogP contribution in [0.2, 0.25) is 0 Å². The van der Waals surface area contributed by atoms with Gasteiger partial charge in [0, 0.05) is 32.0 Å². The van der Waals surface area contributed by atoms with E-state index in [4.69, 9.17) is 4.74 Å². The van der Waals surface area contributed by atoms with Crippen molar-refractivity contribution in [2.24, 2.45) is 5.92 Å². The van der Waals surface area contributed by atoms with Crippen LogP contribution in [-0.4, -0.2) is 54.5 Å². The van der Waals surface area contributed by atoms with E-state index in [0.29, 0.717) is 30.7 Å². The average molecular weight is 344 g/mol. The van der Waals surface area contributed by atoms with Crippen LogP contribution in [0, 0.1) is 5.92 Å². The van der Waals surface area contributed by atoms with Gasteiger partial charge < -0.3 is 15.0 Å². The Balaban J connectivity index is 1.68. The summed E-state index contributed by atoms with van der Waals surface area (Å²) >= 11 is 1.48. The van der Waals surface area contributed by atoms with Gasteiger partial charge in [-0.05, 0) is 19.1 Å². The second-order valence-corrected chi connectivity index (χ2v) is 7.00. The molecule has 1 saturated carbocycles. The Hall–Kier alpha value is -1.15. The molecule has 2 fully saturated rings. The summed E-state index contributed by atoms with van der Waals surface area (Å²) in [6.07, 6.45) is 1.86. The van der Waals surface area contributed by atoms with Gasteiger partial charge in [-0.2, -0.15) is 0 Å². The van der Waals surface area contributed by atoms with Crippen LogP contribution in [0.3, 0.4) is 0 Å². The molecule has 1 N–H and O–H groups in total. The minimum absolute atomic E-state index is 0.0171. The molecule has 23 heavy (non-hydrogen) atoms. The zero-order valence-electron chi connectivity index (χ0n) is 13.4. The number of halogens is 2. The highest BCUT2D eigenvalue weighted by molar-refractivity contribution is 7.98. The molecule has 0 aromatic carbocycles. The predicted molar refractivity (Wildman–Crippen MR) is 87.6 cm³/mol. The normalized spacial score (nSPS) is 24.3. The van der Waals surface area contributed by atoms with Crippen LogP contribution in [0.25, 0.3) is 0 Å². The number of rotatable bonds is 5. The zero-order valence-corrected chi connectivity index (χ0v) is 14.2. The number of anilines is 2. The zero-order chi connectivity index (χ0) is 16.4. The highest BCUT2D eigenvalue weighted by Gasteiger charge is 2.44. The number of aromatic nitrogens is 2. The Kier molecular flexibility index (Phi) is 4.91. The molecule has 1 aliphatic carbocycles. The monoisotopic (exact) mass is 344 g/mol. The van der Waals surface area contributed by atoms with Crippen molar-refractivity contribution >= 4 is 23.4 Å². The molecule has 1 aromatic heterocycles. The van der Waals surface area contributed by atoms with Gasteiger partial charge in [0.15, 0.2) is 5.16 Å². The van der Waals surface area contributed by atoms with E-state index in [2.05, 4.69) is 27.1 Å². The Morgan fingerprint density at radius 2 is 2.22 bits per heavy atom. The SMILES string of the molecule is CSc1nc(NCC2CC(F)(F)C2)cc(N2CCOC[C@H]2C)n1. The number of hydrogen-bond donors (Lipinski definition) is 1. The number of hydrogen-bond acceptors (Lipinski definition) is 6. The number of thioether (sulfide) groups is 1. The van der Waals surface area contributed by atoms with E-state index in [9.17, 15) is 8.78 Å². The number of ether oxygens (including phenoxy) is 1. The Labute approximate surface area is 139 Å². The van der Waals surface area contributed by atoms with E-state index in [0.717, 1.165) is 12.4 Å². The Bertz CT molecular complexity index is 552. The molecule has 1 atom stereocenters. The second-order valence-electron chi connectivity index (χ2n) is 6.23. The van der Waals surface area contributed by atoms with E-state index in [-0.39, 0.29) is 24.8 Å². The van der Waals surface area contributed by atoms with Crippen molar-refractivity contribution in [3.8, 4) is 0 Å². The van der Waals surface area contributed by atoms with Crippen LogP contribution < -0.4 is 10.2 Å². The van der Waals surface area contributed by atoms with E-state index in [1.165, 1.54) is 11.8 Å². The van der Waals surface area contributed by atoms with Crippen molar-refractivity contribution in [1.82, 2.24) is 9.97 Å². The second kappa shape index (κ2) is 6.76. The fourth-order valence-electron chi connectivity index (χ4n) is 2.99. The largest absolute Gasteiger partial charge is 0.377 e. The van der Waals surface area contributed by atoms with Crippen molar-refractivity contribution in [2.75, 3.05) is 42.8 Å². The molecule has 1 aromatic rings. The van der Waals surface area contributed by atoms with Gasteiger partial charge in [-0.15, -0.1) is 0 Å². The summed E-state index contributed by atoms with van der Waals surface area (Å²) in [7, 11) is 0. The average Bonchev–Trinajstić information content (AvgIpc) is 2.51. The van der Waals surface area contributed by atoms with Gasteiger partial charge in [-0.3, -0.25) is 0 Å². The lowest BCUT2D eigenvalue weighted by molar-refractivity contribution is -0.106. The fraction of sp³-hybridized carbons (Fsp3) is 0.733. The number of alkyl halides is 2. The topological polar surface area (TPSA) is 50.3 Å². The van der Waals surface area contributed by atoms with Gasteiger partial charge in [0.1, 0.15) is 11.6 Å². The summed E-state index contributed by atoms with van der Waals surface area (Å²) in [4.78, 5) is 11.2. The summed E-state index contributed by atoms with van der Waals surface area (Å²) in [5.74, 6) is -0.894. The predicted octanol–water partition coefficient (Wildman–Crippen LogP) is 2.88. The number of morpholine rings is 1. The summed E-state index contributed by atoms with van der Waals surface area (Å²) in [6, 6.07) is 2.16. The van der Waals surface area contributed by atoms with Crippen LogP contribution >= 0.6 is 11.8 Å². The van der Waals surface area contributed by atoms with Crippen molar-refractivity contribution < 1.29 is 13.5 Å². The molecule has 0 amide bonds. The van der Waals surface area contributed by atoms with Crippen LogP contribution in [0.4, 0.5) is 20.4 Å². The lowest BCUT2D eigenvalue weighted by atomic mass is 9.81. The van der Waals surface area contributed by atoms with Crippen molar-refractivity contribution in [1.29, 1.82) is 0 Å². The maximum atomic E-state index is 12.9. The van der Waals surface area contributed by atoms with Crippen LogP contribution in [0.15, 0.2) is 11.2 Å². The standard InChI is InChI=1S/C15H22F2N4OS/c1-10-9-22-4-3-21(10)13-5-12(19-14(20-13)23-2)18-8-11-6-15(16,17)7-11/h5,10-11H,3-4,6-9H2,1-2H3,(H,18,19,20)/t10-/m1/s1. The van der Waals surface area contributed by atoms with Crippen molar-refractivity contribution in [3.63, 3.8) is 0 Å². The number of nitrogens with zero attached hydrogens (tertiary/aromatic N) is 3. The van der Waals surface area contributed by atoms with Crippen LogP contribution in [0.1, 0.15) is 19.8 Å². The highest BCUT2D eigenvalue weighted by Crippen LogP contribution is 2.42. The summed E-state index contributed by atoms with van der Waals surface area (Å²) in [5.41, 5.74) is 0. The molecule has 0 bridgehead atoms. The third-order valence-electron chi connectivity index (χ3n) is 4.28. The van der Waals surface area contributed by atoms with Gasteiger partial charge >= 0.3 is 0 Å². The lowest BCUT2D eigenvalue weighted by Crippen LogP contribution is -2.44. The maximum Gasteiger partial charge on any atom is 0.248 e. The van der Waals surface area contributed by atoms with E-state index in [1.807, 2.05) is 12.3 Å². The lowest BCUT2D eigenvalue weighted by Gasteiger charge is -2.35. The molecule has 5 nitrogen and oxygen atoms in total. The summed E-state index contributed by atoms with van der Waals surface area (Å²) in [6.45, 7) is 4.78. The van der Waals surface area contributed by atoms with E-state index >= 15 is 0 Å². The van der Waals surface area contributed by atoms with E-state index in [1.54, 1.807) is 0 Å². The van der Waals surface area contributed by atoms with Crippen LogP contribution in [-0.2, 0) is 4.74 Å². The van der Waals surface area contributed by atoms with Crippen LogP contribution in [0.5, 0.6) is 0 Å². The molecule has 2 aliphatic rings. The molecule has 0 spiro atoms. The quantitative estimate of drug-likeness (QED) is 0.655. The van der Waals surface area contributed by atoms with Gasteiger partial charge in [0.2, 0.25) is 5.92 Å². The van der Waals surface area contributed by atoms with Gasteiger partial charge in [-0.1, -0.05) is 11.8 Å². The van der Waals surface area contributed by atoms with E-state index < -0.39 is 5.92 Å². The number of nitrogens with one attached hydrogen (secondary N) is 1. The molecule has 8 heteroatoms. The summed E-state index contributed by atoms with van der Waals surface area (Å²) < 4.78 is 31.3. The minimum atomic E-state index is -2.48. The first-order valence-electron chi connectivity index (χ1n) is 7.86. The van der Waals surface area contributed by atoms with Gasteiger partial charge in [0.05, 0.1) is 19.3 Å². The van der Waals surface area contributed by atoms with Crippen molar-refractivity contribution in [2.45, 2.75) is 36.9 Å². The molecule has 1 saturated heterocycles. The maximum absolute atomic E-state index is 12.9. The summed E-state index contributed by atoms with van der Waals surface area (Å²) in [5, 5.41) is 3.88. The molecule has 3 rings (SSSR count). The molecule has 128 valence electrons. The molecular formula is C15H22F2N4OS. The van der Waals surface area contributed by atoms with Gasteiger partial charge in [-0.25, -0.2) is 18.7 Å². The molecule has 0 unspecified atom stereocenters. The smallest absolute Gasteiger partial charge is 0.248 e. The molecular weight excluding hydrogens is 322 g/mol. The first-order chi connectivity index (χ1) is 11.0. The molecule has 1 aliphatic heterocycles. The Morgan fingerprint density at radius 1 is 1.43 bits per heavy atom. The molecule has 2 heterocycles. The third kappa shape index (κ3) is 4.03. The van der Waals surface area contributed by atoms with Crippen molar-refractivity contribution in [3.05, 3.63) is 6.07 Å². The fourth-order valence-corrected chi connectivity index (χ4v) is 3.36. The molecule has 0 radical (unpaired) electrons. The van der Waals surface area contributed by atoms with Gasteiger partial charge in [0.25, 0.3) is 0 Å². The third-order valence-corrected chi connectivity index (χ3v) is 4.83. The highest BCUT2D eigenvalue weighted by atomic mass is 32.2.